The lowest BCUT2D eigenvalue weighted by atomic mass is 9.69. The van der Waals surface area contributed by atoms with Crippen LogP contribution in [0.5, 0.6) is 0 Å². The lowest BCUT2D eigenvalue weighted by Gasteiger charge is -2.34. The van der Waals surface area contributed by atoms with Crippen LogP contribution < -0.4 is 0 Å². The second-order valence-corrected chi connectivity index (χ2v) is 14.7. The van der Waals surface area contributed by atoms with Crippen LogP contribution in [-0.4, -0.2) is 0 Å². The zero-order chi connectivity index (χ0) is 35.6. The lowest BCUT2D eigenvalue weighted by molar-refractivity contribution is 0.894. The monoisotopic (exact) mass is 684 g/mol. The number of hydrogen-bond donors (Lipinski definition) is 0. The van der Waals surface area contributed by atoms with E-state index in [9.17, 15) is 0 Å². The molecule has 0 fully saturated rings. The molecule has 1 atom stereocenters. The maximum atomic E-state index is 2.46. The molecule has 0 radical (unpaired) electrons. The summed E-state index contributed by atoms with van der Waals surface area (Å²) >= 11 is 0. The number of hydrogen-bond acceptors (Lipinski definition) is 0. The topological polar surface area (TPSA) is 0 Å². The van der Waals surface area contributed by atoms with E-state index in [-0.39, 0.29) is 0 Å². The summed E-state index contributed by atoms with van der Waals surface area (Å²) in [6.45, 7) is 0. The number of allylic oxidation sites excluding steroid dienone is 7. The van der Waals surface area contributed by atoms with E-state index in [1.54, 1.807) is 0 Å². The summed E-state index contributed by atoms with van der Waals surface area (Å²) in [5.74, 6) is 0.322. The van der Waals surface area contributed by atoms with Crippen LogP contribution in [0, 0.1) is 0 Å². The van der Waals surface area contributed by atoms with Gasteiger partial charge in [-0.15, -0.1) is 0 Å². The normalized spacial score (nSPS) is 15.5. The van der Waals surface area contributed by atoms with Crippen LogP contribution in [0.2, 0.25) is 0 Å². The van der Waals surface area contributed by atoms with Crippen LogP contribution in [0.25, 0.3) is 83.9 Å². The molecule has 0 nitrogen and oxygen atoms in total. The molecule has 3 aliphatic carbocycles. The molecule has 0 heteroatoms. The van der Waals surface area contributed by atoms with Crippen molar-refractivity contribution in [1.82, 2.24) is 0 Å². The third-order valence-corrected chi connectivity index (χ3v) is 11.8. The predicted octanol–water partition coefficient (Wildman–Crippen LogP) is 14.4. The lowest BCUT2D eigenvalue weighted by Crippen LogP contribution is -2.18. The second-order valence-electron chi connectivity index (χ2n) is 14.7. The molecule has 8 aromatic rings. The molecule has 0 bridgehead atoms. The van der Waals surface area contributed by atoms with Crippen LogP contribution in [-0.2, 0) is 6.42 Å². The smallest absolute Gasteiger partial charge is 0.0345 e. The van der Waals surface area contributed by atoms with Gasteiger partial charge in [-0.1, -0.05) is 200 Å². The van der Waals surface area contributed by atoms with Gasteiger partial charge in [0.2, 0.25) is 0 Å². The molecule has 0 amide bonds. The van der Waals surface area contributed by atoms with E-state index in [4.69, 9.17) is 0 Å². The first-order valence-electron chi connectivity index (χ1n) is 19.0. The van der Waals surface area contributed by atoms with Gasteiger partial charge in [0, 0.05) is 5.92 Å². The molecule has 0 N–H and O–H groups in total. The standard InChI is InChI=1S/C54H36/c1-2-11-36(12-3-1)37-24-21-35(22-25-37)23-26-38-29-32-48(43-16-5-4-15-42(38)43)53-44-17-6-8-19-46(44)54(47-20-9-7-18-45(47)53)50-34-31-41-28-27-39-13-10-14-40-30-33-49(50)52(41)51(39)40/h1-32,34,51H,33H2/b26-23+. The largest absolute Gasteiger partial charge is 0.0759 e. The number of benzene rings is 8. The molecule has 0 saturated carbocycles. The van der Waals surface area contributed by atoms with Gasteiger partial charge < -0.3 is 0 Å². The summed E-state index contributed by atoms with van der Waals surface area (Å²) in [5, 5.41) is 7.70. The van der Waals surface area contributed by atoms with Gasteiger partial charge in [0.1, 0.15) is 0 Å². The molecule has 252 valence electrons. The zero-order valence-electron chi connectivity index (χ0n) is 29.8. The molecule has 0 spiro atoms. The van der Waals surface area contributed by atoms with Crippen LogP contribution >= 0.6 is 0 Å². The fraction of sp³-hybridized carbons (Fsp3) is 0.0370. The van der Waals surface area contributed by atoms with Crippen LogP contribution in [0.3, 0.4) is 0 Å². The van der Waals surface area contributed by atoms with E-state index >= 15 is 0 Å². The van der Waals surface area contributed by atoms with Gasteiger partial charge in [-0.2, -0.15) is 0 Å². The van der Waals surface area contributed by atoms with Crippen molar-refractivity contribution >= 4 is 50.5 Å². The predicted molar refractivity (Wildman–Crippen MR) is 231 cm³/mol. The van der Waals surface area contributed by atoms with Crippen LogP contribution in [0.4, 0.5) is 0 Å². The maximum absolute atomic E-state index is 2.46. The third-order valence-electron chi connectivity index (χ3n) is 11.8. The number of fused-ring (bicyclic) bond motifs is 3. The Labute approximate surface area is 316 Å². The Hall–Kier alpha value is -6.76. The van der Waals surface area contributed by atoms with E-state index in [1.807, 2.05) is 0 Å². The van der Waals surface area contributed by atoms with Gasteiger partial charge in [-0.05, 0) is 111 Å². The molecule has 8 aromatic carbocycles. The van der Waals surface area contributed by atoms with Crippen molar-refractivity contribution in [1.29, 1.82) is 0 Å². The third kappa shape index (κ3) is 4.84. The van der Waals surface area contributed by atoms with E-state index < -0.39 is 0 Å². The van der Waals surface area contributed by atoms with Crippen LogP contribution in [0.15, 0.2) is 193 Å². The first-order valence-corrected chi connectivity index (χ1v) is 19.0. The Balaban J connectivity index is 1.08. The minimum atomic E-state index is 0.322. The Morgan fingerprint density at radius 2 is 1.06 bits per heavy atom. The first kappa shape index (κ1) is 30.8. The Bertz CT molecular complexity index is 2920. The highest BCUT2D eigenvalue weighted by atomic mass is 14.4. The quantitative estimate of drug-likeness (QED) is 0.125. The number of rotatable bonds is 5. The van der Waals surface area contributed by atoms with Gasteiger partial charge in [0.25, 0.3) is 0 Å². The Morgan fingerprint density at radius 1 is 0.444 bits per heavy atom. The Kier molecular flexibility index (Phi) is 7.10. The SMILES string of the molecule is C1=CC2=CCc3c(-c4c5ccccc5c(-c5ccc(/C=C/c6ccc(-c7ccccc7)cc6)c6ccccc56)c5ccccc45)ccc4c3C2C(=C1)C=C4. The molecule has 1 unspecified atom stereocenters. The van der Waals surface area contributed by atoms with Crippen LogP contribution in [0.1, 0.15) is 33.7 Å². The van der Waals surface area contributed by atoms with Crippen molar-refractivity contribution in [3.8, 4) is 33.4 Å². The summed E-state index contributed by atoms with van der Waals surface area (Å²) in [7, 11) is 0. The fourth-order valence-corrected chi connectivity index (χ4v) is 9.35. The molecule has 0 aliphatic heterocycles. The molecule has 11 rings (SSSR count). The molecule has 0 heterocycles. The van der Waals surface area contributed by atoms with Crippen molar-refractivity contribution in [2.24, 2.45) is 0 Å². The summed E-state index contributed by atoms with van der Waals surface area (Å²) in [5.41, 5.74) is 17.3. The highest BCUT2D eigenvalue weighted by Crippen LogP contribution is 2.51. The molecule has 0 saturated heterocycles. The van der Waals surface area contributed by atoms with Gasteiger partial charge in [-0.25, -0.2) is 0 Å². The average molecular weight is 685 g/mol. The average Bonchev–Trinajstić information content (AvgIpc) is 3.24. The minimum absolute atomic E-state index is 0.322. The summed E-state index contributed by atoms with van der Waals surface area (Å²) in [4.78, 5) is 0. The van der Waals surface area contributed by atoms with E-state index in [0.717, 1.165) is 6.42 Å². The van der Waals surface area contributed by atoms with Crippen molar-refractivity contribution in [2.75, 3.05) is 0 Å². The van der Waals surface area contributed by atoms with Crippen molar-refractivity contribution in [2.45, 2.75) is 12.3 Å². The molecule has 3 aliphatic rings. The molecule has 0 aromatic heterocycles. The fourth-order valence-electron chi connectivity index (χ4n) is 9.35. The van der Waals surface area contributed by atoms with E-state index in [2.05, 4.69) is 200 Å². The van der Waals surface area contributed by atoms with Gasteiger partial charge in [-0.3, -0.25) is 0 Å². The van der Waals surface area contributed by atoms with Gasteiger partial charge in [0.15, 0.2) is 0 Å². The van der Waals surface area contributed by atoms with Crippen molar-refractivity contribution < 1.29 is 0 Å². The molecular formula is C54H36. The maximum Gasteiger partial charge on any atom is 0.0345 e. The van der Waals surface area contributed by atoms with E-state index in [1.165, 1.54) is 105 Å². The van der Waals surface area contributed by atoms with E-state index in [0.29, 0.717) is 5.92 Å². The minimum Gasteiger partial charge on any atom is -0.0759 e. The summed E-state index contributed by atoms with van der Waals surface area (Å²) in [6, 6.07) is 55.9. The first-order chi connectivity index (χ1) is 26.8. The van der Waals surface area contributed by atoms with Gasteiger partial charge >= 0.3 is 0 Å². The highest BCUT2D eigenvalue weighted by Gasteiger charge is 2.32. The summed E-state index contributed by atoms with van der Waals surface area (Å²) in [6.07, 6.45) is 19.3. The Morgan fingerprint density at radius 3 is 1.78 bits per heavy atom. The van der Waals surface area contributed by atoms with Crippen molar-refractivity contribution in [3.05, 3.63) is 221 Å². The second kappa shape index (κ2) is 12.4. The zero-order valence-corrected chi connectivity index (χ0v) is 29.8. The van der Waals surface area contributed by atoms with Gasteiger partial charge in [0.05, 0.1) is 0 Å². The summed E-state index contributed by atoms with van der Waals surface area (Å²) < 4.78 is 0. The molecular weight excluding hydrogens is 649 g/mol. The highest BCUT2D eigenvalue weighted by molar-refractivity contribution is 6.24. The molecule has 54 heavy (non-hydrogen) atoms. The van der Waals surface area contributed by atoms with Crippen molar-refractivity contribution in [3.63, 3.8) is 0 Å².